The molecule has 1 amide bonds. The first-order chi connectivity index (χ1) is 13.5. The molecule has 1 aromatic heterocycles. The molecule has 0 aliphatic rings. The predicted molar refractivity (Wildman–Crippen MR) is 117 cm³/mol. The first-order valence-electron chi connectivity index (χ1n) is 8.49. The average Bonchev–Trinajstić information content (AvgIpc) is 2.97. The fourth-order valence-electron chi connectivity index (χ4n) is 2.54. The van der Waals surface area contributed by atoms with E-state index in [1.807, 2.05) is 61.5 Å². The summed E-state index contributed by atoms with van der Waals surface area (Å²) in [5.74, 6) is 0.805. The number of amides is 1. The first-order valence-corrected chi connectivity index (χ1v) is 10.4. The van der Waals surface area contributed by atoms with E-state index in [-0.39, 0.29) is 5.91 Å². The third-order valence-electron chi connectivity index (χ3n) is 3.89. The van der Waals surface area contributed by atoms with Crippen LogP contribution >= 0.6 is 35.0 Å². The molecule has 0 aliphatic heterocycles. The van der Waals surface area contributed by atoms with E-state index < -0.39 is 0 Å². The number of hydrogen-bond donors (Lipinski definition) is 1. The molecule has 0 spiro atoms. The smallest absolute Gasteiger partial charge is 0.250 e. The summed E-state index contributed by atoms with van der Waals surface area (Å²) < 4.78 is 1.74. The number of hydrazone groups is 1. The Morgan fingerprint density at radius 1 is 1.21 bits per heavy atom. The highest BCUT2D eigenvalue weighted by Crippen LogP contribution is 2.20. The number of thioether (sulfide) groups is 1. The summed E-state index contributed by atoms with van der Waals surface area (Å²) in [4.78, 5) is 12.0. The van der Waals surface area contributed by atoms with Gasteiger partial charge in [0, 0.05) is 10.8 Å². The number of benzene rings is 2. The maximum absolute atomic E-state index is 12.0. The molecule has 0 bridgehead atoms. The number of nitrogens with zero attached hydrogens (tertiary/aromatic N) is 3. The topological polar surface area (TPSA) is 59.3 Å². The van der Waals surface area contributed by atoms with Crippen molar-refractivity contribution >= 4 is 47.1 Å². The number of halogens is 2. The van der Waals surface area contributed by atoms with Gasteiger partial charge in [0.2, 0.25) is 5.91 Å². The van der Waals surface area contributed by atoms with E-state index in [1.165, 1.54) is 18.0 Å². The first kappa shape index (κ1) is 20.5. The SMILES string of the molecule is Cc1c(/C=N\NC(=O)CSCc2cccc(Cl)c2)c(Cl)nn1-c1ccccc1. The molecule has 0 aliphatic carbocycles. The monoisotopic (exact) mass is 432 g/mol. The maximum Gasteiger partial charge on any atom is 0.250 e. The zero-order valence-corrected chi connectivity index (χ0v) is 17.4. The van der Waals surface area contributed by atoms with Gasteiger partial charge in [0.05, 0.1) is 28.9 Å². The predicted octanol–water partition coefficient (Wildman–Crippen LogP) is 4.87. The van der Waals surface area contributed by atoms with E-state index in [0.29, 0.717) is 27.2 Å². The van der Waals surface area contributed by atoms with Gasteiger partial charge in [-0.3, -0.25) is 4.79 Å². The third-order valence-corrected chi connectivity index (χ3v) is 5.41. The molecule has 0 unspecified atom stereocenters. The molecule has 1 heterocycles. The Labute approximate surface area is 177 Å². The van der Waals surface area contributed by atoms with E-state index in [4.69, 9.17) is 23.2 Å². The molecule has 0 radical (unpaired) electrons. The third kappa shape index (κ3) is 5.38. The fourth-order valence-corrected chi connectivity index (χ4v) is 3.78. The van der Waals surface area contributed by atoms with Gasteiger partial charge < -0.3 is 0 Å². The Morgan fingerprint density at radius 2 is 2.00 bits per heavy atom. The molecule has 3 aromatic rings. The summed E-state index contributed by atoms with van der Waals surface area (Å²) in [6.07, 6.45) is 1.52. The highest BCUT2D eigenvalue weighted by Gasteiger charge is 2.12. The van der Waals surface area contributed by atoms with Gasteiger partial charge >= 0.3 is 0 Å². The minimum Gasteiger partial charge on any atom is -0.272 e. The largest absolute Gasteiger partial charge is 0.272 e. The highest BCUT2D eigenvalue weighted by atomic mass is 35.5. The maximum atomic E-state index is 12.0. The quantitative estimate of drug-likeness (QED) is 0.427. The van der Waals surface area contributed by atoms with Crippen molar-refractivity contribution < 1.29 is 4.79 Å². The summed E-state index contributed by atoms with van der Waals surface area (Å²) in [5.41, 5.74) is 6.00. The molecule has 1 N–H and O–H groups in total. The van der Waals surface area contributed by atoms with E-state index in [9.17, 15) is 4.79 Å². The molecule has 144 valence electrons. The van der Waals surface area contributed by atoms with Crippen molar-refractivity contribution in [1.29, 1.82) is 0 Å². The number of hydrogen-bond acceptors (Lipinski definition) is 4. The van der Waals surface area contributed by atoms with Crippen LogP contribution in [0.3, 0.4) is 0 Å². The zero-order valence-electron chi connectivity index (χ0n) is 15.1. The molecule has 5 nitrogen and oxygen atoms in total. The van der Waals surface area contributed by atoms with Gasteiger partial charge in [-0.15, -0.1) is 11.8 Å². The highest BCUT2D eigenvalue weighted by molar-refractivity contribution is 7.99. The molecule has 28 heavy (non-hydrogen) atoms. The van der Waals surface area contributed by atoms with Crippen LogP contribution in [-0.2, 0) is 10.5 Å². The summed E-state index contributed by atoms with van der Waals surface area (Å²) in [6.45, 7) is 1.90. The van der Waals surface area contributed by atoms with Gasteiger partial charge in [0.15, 0.2) is 5.15 Å². The van der Waals surface area contributed by atoms with E-state index in [1.54, 1.807) is 4.68 Å². The molecular formula is C20H18Cl2N4OS. The Morgan fingerprint density at radius 3 is 2.75 bits per heavy atom. The van der Waals surface area contributed by atoms with Crippen molar-refractivity contribution in [2.75, 3.05) is 5.75 Å². The van der Waals surface area contributed by atoms with Crippen molar-refractivity contribution in [3.63, 3.8) is 0 Å². The van der Waals surface area contributed by atoms with Crippen LogP contribution in [0.1, 0.15) is 16.8 Å². The van der Waals surface area contributed by atoms with Crippen molar-refractivity contribution in [1.82, 2.24) is 15.2 Å². The second-order valence-corrected chi connectivity index (χ2v) is 7.73. The van der Waals surface area contributed by atoms with Gasteiger partial charge in [-0.1, -0.05) is 53.5 Å². The number of nitrogens with one attached hydrogen (secondary N) is 1. The second kappa shape index (κ2) is 9.78. The number of rotatable bonds is 7. The molecule has 3 rings (SSSR count). The molecule has 0 atom stereocenters. The lowest BCUT2D eigenvalue weighted by Gasteiger charge is -2.03. The van der Waals surface area contributed by atoms with Crippen molar-refractivity contribution in [2.45, 2.75) is 12.7 Å². The van der Waals surface area contributed by atoms with Crippen LogP contribution in [0, 0.1) is 6.92 Å². The van der Waals surface area contributed by atoms with Crippen molar-refractivity contribution in [3.05, 3.63) is 81.6 Å². The van der Waals surface area contributed by atoms with Crippen LogP contribution in [0.15, 0.2) is 59.7 Å². The lowest BCUT2D eigenvalue weighted by Crippen LogP contribution is -2.19. The number of carbonyl (C=O) groups excluding carboxylic acids is 1. The van der Waals surface area contributed by atoms with Gasteiger partial charge in [0.1, 0.15) is 0 Å². The van der Waals surface area contributed by atoms with Crippen LogP contribution in [0.25, 0.3) is 5.69 Å². The molecule has 2 aromatic carbocycles. The van der Waals surface area contributed by atoms with Crippen LogP contribution in [0.5, 0.6) is 0 Å². The summed E-state index contributed by atoms with van der Waals surface area (Å²) in [5, 5.41) is 9.36. The number of aromatic nitrogens is 2. The molecule has 0 saturated heterocycles. The summed E-state index contributed by atoms with van der Waals surface area (Å²) in [6, 6.07) is 17.3. The van der Waals surface area contributed by atoms with Gasteiger partial charge in [0.25, 0.3) is 0 Å². The van der Waals surface area contributed by atoms with E-state index in [0.717, 1.165) is 16.9 Å². The summed E-state index contributed by atoms with van der Waals surface area (Å²) in [7, 11) is 0. The number of para-hydroxylation sites is 1. The van der Waals surface area contributed by atoms with E-state index >= 15 is 0 Å². The minimum atomic E-state index is -0.187. The molecule has 0 saturated carbocycles. The molecular weight excluding hydrogens is 415 g/mol. The summed E-state index contributed by atoms with van der Waals surface area (Å²) >= 11 is 13.7. The Hall–Kier alpha value is -2.28. The average molecular weight is 433 g/mol. The standard InChI is InChI=1S/C20H18Cl2N4OS/c1-14-18(20(22)25-26(14)17-8-3-2-4-9-17)11-23-24-19(27)13-28-12-15-6-5-7-16(21)10-15/h2-11H,12-13H2,1H3,(H,24,27)/b23-11-. The van der Waals surface area contributed by atoms with Crippen molar-refractivity contribution in [3.8, 4) is 5.69 Å². The van der Waals surface area contributed by atoms with Crippen LogP contribution in [0.4, 0.5) is 0 Å². The lowest BCUT2D eigenvalue weighted by molar-refractivity contribution is -0.118. The van der Waals surface area contributed by atoms with E-state index in [2.05, 4.69) is 15.6 Å². The number of carbonyl (C=O) groups is 1. The van der Waals surface area contributed by atoms with Gasteiger partial charge in [-0.25, -0.2) is 10.1 Å². The van der Waals surface area contributed by atoms with Gasteiger partial charge in [-0.2, -0.15) is 10.2 Å². The van der Waals surface area contributed by atoms with Crippen LogP contribution in [0.2, 0.25) is 10.2 Å². The van der Waals surface area contributed by atoms with Crippen LogP contribution < -0.4 is 5.43 Å². The van der Waals surface area contributed by atoms with Gasteiger partial charge in [-0.05, 0) is 36.8 Å². The zero-order chi connectivity index (χ0) is 19.9. The molecule has 8 heteroatoms. The Kier molecular flexibility index (Phi) is 7.14. The molecule has 0 fully saturated rings. The minimum absolute atomic E-state index is 0.187. The van der Waals surface area contributed by atoms with Crippen molar-refractivity contribution in [2.24, 2.45) is 5.10 Å². The second-order valence-electron chi connectivity index (χ2n) is 5.95. The Bertz CT molecular complexity index is 989. The fraction of sp³-hybridized carbons (Fsp3) is 0.150. The Balaban J connectivity index is 1.54. The van der Waals surface area contributed by atoms with Crippen LogP contribution in [-0.4, -0.2) is 27.7 Å². The lowest BCUT2D eigenvalue weighted by atomic mass is 10.2. The normalized spacial score (nSPS) is 11.1.